The standard InChI is InChI=1S/C13H14F2N2/c14-11-5-10(7-16)6-12(15)13(11)17-8-9-3-1-2-4-9/h5-6,9,17H,1-4,8H2. The van der Waals surface area contributed by atoms with Crippen molar-refractivity contribution in [1.82, 2.24) is 0 Å². The van der Waals surface area contributed by atoms with Crippen molar-refractivity contribution in [2.75, 3.05) is 11.9 Å². The maximum Gasteiger partial charge on any atom is 0.150 e. The Labute approximate surface area is 99.3 Å². The maximum absolute atomic E-state index is 13.5. The van der Waals surface area contributed by atoms with Crippen LogP contribution in [0.1, 0.15) is 31.2 Å². The Morgan fingerprint density at radius 1 is 1.24 bits per heavy atom. The van der Waals surface area contributed by atoms with E-state index < -0.39 is 11.6 Å². The molecule has 1 aliphatic rings. The summed E-state index contributed by atoms with van der Waals surface area (Å²) in [5, 5.41) is 11.4. The Balaban J connectivity index is 2.07. The Kier molecular flexibility index (Phi) is 3.58. The Morgan fingerprint density at radius 3 is 2.35 bits per heavy atom. The van der Waals surface area contributed by atoms with Crippen molar-refractivity contribution < 1.29 is 8.78 Å². The second-order valence-corrected chi connectivity index (χ2v) is 4.46. The van der Waals surface area contributed by atoms with Crippen LogP contribution in [0.5, 0.6) is 0 Å². The molecule has 0 amide bonds. The van der Waals surface area contributed by atoms with Crippen LogP contribution in [0, 0.1) is 28.9 Å². The molecule has 0 saturated heterocycles. The second kappa shape index (κ2) is 5.13. The molecule has 0 heterocycles. The van der Waals surface area contributed by atoms with E-state index in [1.807, 2.05) is 0 Å². The number of nitrogens with zero attached hydrogens (tertiary/aromatic N) is 1. The molecule has 1 saturated carbocycles. The summed E-state index contributed by atoms with van der Waals surface area (Å²) in [6, 6.07) is 3.84. The van der Waals surface area contributed by atoms with E-state index in [0.717, 1.165) is 25.0 Å². The summed E-state index contributed by atoms with van der Waals surface area (Å²) < 4.78 is 27.0. The molecule has 1 aromatic carbocycles. The predicted molar refractivity (Wildman–Crippen MR) is 61.5 cm³/mol. The molecule has 0 aromatic heterocycles. The smallest absolute Gasteiger partial charge is 0.150 e. The predicted octanol–water partition coefficient (Wildman–Crippen LogP) is 3.44. The highest BCUT2D eigenvalue weighted by Crippen LogP contribution is 2.26. The van der Waals surface area contributed by atoms with Crippen LogP contribution in [0.15, 0.2) is 12.1 Å². The molecule has 1 aliphatic carbocycles. The first-order valence-electron chi connectivity index (χ1n) is 5.83. The van der Waals surface area contributed by atoms with E-state index in [0.29, 0.717) is 12.5 Å². The third-order valence-corrected chi connectivity index (χ3v) is 3.21. The molecule has 0 spiro atoms. The van der Waals surface area contributed by atoms with E-state index in [2.05, 4.69) is 5.32 Å². The molecule has 2 nitrogen and oxygen atoms in total. The largest absolute Gasteiger partial charge is 0.380 e. The van der Waals surface area contributed by atoms with E-state index >= 15 is 0 Å². The minimum absolute atomic E-state index is 0.00594. The van der Waals surface area contributed by atoms with E-state index in [1.165, 1.54) is 12.8 Å². The first-order valence-corrected chi connectivity index (χ1v) is 5.83. The quantitative estimate of drug-likeness (QED) is 0.872. The summed E-state index contributed by atoms with van der Waals surface area (Å²) in [6.45, 7) is 0.597. The molecular formula is C13H14F2N2. The Hall–Kier alpha value is -1.63. The van der Waals surface area contributed by atoms with Crippen molar-refractivity contribution in [1.29, 1.82) is 5.26 Å². The molecular weight excluding hydrogens is 222 g/mol. The summed E-state index contributed by atoms with van der Waals surface area (Å²) in [5.41, 5.74) is -0.109. The second-order valence-electron chi connectivity index (χ2n) is 4.46. The lowest BCUT2D eigenvalue weighted by Gasteiger charge is -2.13. The van der Waals surface area contributed by atoms with Crippen LogP contribution >= 0.6 is 0 Å². The van der Waals surface area contributed by atoms with Gasteiger partial charge in [-0.2, -0.15) is 5.26 Å². The maximum atomic E-state index is 13.5. The minimum Gasteiger partial charge on any atom is -0.380 e. The zero-order valence-electron chi connectivity index (χ0n) is 9.47. The molecule has 17 heavy (non-hydrogen) atoms. The van der Waals surface area contributed by atoms with Gasteiger partial charge >= 0.3 is 0 Å². The van der Waals surface area contributed by atoms with Gasteiger partial charge in [0, 0.05) is 6.54 Å². The lowest BCUT2D eigenvalue weighted by atomic mass is 10.1. The van der Waals surface area contributed by atoms with E-state index in [4.69, 9.17) is 5.26 Å². The average molecular weight is 236 g/mol. The van der Waals surface area contributed by atoms with Gasteiger partial charge in [0.1, 0.15) is 5.69 Å². The van der Waals surface area contributed by atoms with Crippen LogP contribution in [-0.2, 0) is 0 Å². The molecule has 0 radical (unpaired) electrons. The highest BCUT2D eigenvalue weighted by atomic mass is 19.1. The highest BCUT2D eigenvalue weighted by Gasteiger charge is 2.17. The summed E-state index contributed by atoms with van der Waals surface area (Å²) in [4.78, 5) is 0. The van der Waals surface area contributed by atoms with Crippen molar-refractivity contribution in [3.05, 3.63) is 29.3 Å². The number of nitrogens with one attached hydrogen (secondary N) is 1. The summed E-state index contributed by atoms with van der Waals surface area (Å²) >= 11 is 0. The number of hydrogen-bond donors (Lipinski definition) is 1. The fourth-order valence-corrected chi connectivity index (χ4v) is 2.27. The molecule has 4 heteroatoms. The fourth-order valence-electron chi connectivity index (χ4n) is 2.27. The number of hydrogen-bond acceptors (Lipinski definition) is 2. The zero-order chi connectivity index (χ0) is 12.3. The number of nitriles is 1. The number of halogens is 2. The monoisotopic (exact) mass is 236 g/mol. The van der Waals surface area contributed by atoms with E-state index in [9.17, 15) is 8.78 Å². The molecule has 0 aliphatic heterocycles. The average Bonchev–Trinajstić information content (AvgIpc) is 2.80. The molecule has 0 unspecified atom stereocenters. The van der Waals surface area contributed by atoms with Crippen molar-refractivity contribution in [2.24, 2.45) is 5.92 Å². The van der Waals surface area contributed by atoms with Gasteiger partial charge in [-0.05, 0) is 30.9 Å². The molecule has 1 fully saturated rings. The number of benzene rings is 1. The third kappa shape index (κ3) is 2.73. The van der Waals surface area contributed by atoms with Crippen molar-refractivity contribution in [2.45, 2.75) is 25.7 Å². The normalized spacial score (nSPS) is 15.8. The molecule has 1 N–H and O–H groups in total. The van der Waals surface area contributed by atoms with Crippen LogP contribution in [0.4, 0.5) is 14.5 Å². The van der Waals surface area contributed by atoms with Gasteiger partial charge in [0.2, 0.25) is 0 Å². The van der Waals surface area contributed by atoms with Gasteiger partial charge in [0.05, 0.1) is 11.6 Å². The first kappa shape index (κ1) is 11.8. The van der Waals surface area contributed by atoms with E-state index in [-0.39, 0.29) is 11.3 Å². The number of anilines is 1. The summed E-state index contributed by atoms with van der Waals surface area (Å²) in [7, 11) is 0. The van der Waals surface area contributed by atoms with Gasteiger partial charge in [0.15, 0.2) is 11.6 Å². The topological polar surface area (TPSA) is 35.8 Å². The Bertz CT molecular complexity index is 422. The van der Waals surface area contributed by atoms with Crippen LogP contribution in [-0.4, -0.2) is 6.54 Å². The fraction of sp³-hybridized carbons (Fsp3) is 0.462. The van der Waals surface area contributed by atoms with Gasteiger partial charge in [-0.3, -0.25) is 0 Å². The van der Waals surface area contributed by atoms with Crippen LogP contribution in [0.3, 0.4) is 0 Å². The lowest BCUT2D eigenvalue weighted by molar-refractivity contribution is 0.559. The number of rotatable bonds is 3. The van der Waals surface area contributed by atoms with Crippen molar-refractivity contribution in [3.63, 3.8) is 0 Å². The van der Waals surface area contributed by atoms with Crippen LogP contribution in [0.2, 0.25) is 0 Å². The van der Waals surface area contributed by atoms with Crippen LogP contribution in [0.25, 0.3) is 0 Å². The van der Waals surface area contributed by atoms with E-state index in [1.54, 1.807) is 6.07 Å². The first-order chi connectivity index (χ1) is 8.20. The van der Waals surface area contributed by atoms with Gasteiger partial charge in [0.25, 0.3) is 0 Å². The Morgan fingerprint density at radius 2 is 1.82 bits per heavy atom. The highest BCUT2D eigenvalue weighted by molar-refractivity contribution is 5.50. The summed E-state index contributed by atoms with van der Waals surface area (Å²) in [5.74, 6) is -0.886. The molecule has 0 atom stereocenters. The van der Waals surface area contributed by atoms with Gasteiger partial charge in [-0.1, -0.05) is 12.8 Å². The lowest BCUT2D eigenvalue weighted by Crippen LogP contribution is -2.13. The molecule has 90 valence electrons. The minimum atomic E-state index is -0.695. The van der Waals surface area contributed by atoms with Crippen molar-refractivity contribution in [3.8, 4) is 6.07 Å². The molecule has 2 rings (SSSR count). The third-order valence-electron chi connectivity index (χ3n) is 3.21. The van der Waals surface area contributed by atoms with Crippen molar-refractivity contribution >= 4 is 5.69 Å². The van der Waals surface area contributed by atoms with Gasteiger partial charge in [-0.15, -0.1) is 0 Å². The zero-order valence-corrected chi connectivity index (χ0v) is 9.47. The SMILES string of the molecule is N#Cc1cc(F)c(NCC2CCCC2)c(F)c1. The molecule has 0 bridgehead atoms. The van der Waals surface area contributed by atoms with Gasteiger partial charge < -0.3 is 5.32 Å². The molecule has 1 aromatic rings. The van der Waals surface area contributed by atoms with Crippen LogP contribution < -0.4 is 5.32 Å². The van der Waals surface area contributed by atoms with Gasteiger partial charge in [-0.25, -0.2) is 8.78 Å². The summed E-state index contributed by atoms with van der Waals surface area (Å²) in [6.07, 6.45) is 4.63.